The zero-order chi connectivity index (χ0) is 23.6. The zero-order valence-electron chi connectivity index (χ0n) is 17.3. The largest absolute Gasteiger partial charge is 0.508 e. The molecule has 0 amide bonds. The lowest BCUT2D eigenvalue weighted by atomic mass is 10.1. The Morgan fingerprint density at radius 2 is 1.88 bits per heavy atom. The molecule has 33 heavy (non-hydrogen) atoms. The van der Waals surface area contributed by atoms with Crippen LogP contribution in [0, 0.1) is 0 Å². The normalized spacial score (nSPS) is 24.8. The van der Waals surface area contributed by atoms with E-state index >= 15 is 0 Å². The number of aryl methyl sites for hydroxylation is 1. The Hall–Kier alpha value is -2.64. The average Bonchev–Trinajstić information content (AvgIpc) is 3.33. The number of phenolic OH excluding ortho intramolecular Hbond substituents is 1. The van der Waals surface area contributed by atoms with E-state index in [0.717, 1.165) is 5.56 Å². The van der Waals surface area contributed by atoms with Crippen LogP contribution in [0.5, 0.6) is 5.75 Å². The summed E-state index contributed by atoms with van der Waals surface area (Å²) >= 11 is 0. The molecule has 4 rings (SSSR count). The first-order chi connectivity index (χ1) is 15.7. The van der Waals surface area contributed by atoms with E-state index in [1.54, 1.807) is 24.3 Å². The Labute approximate surface area is 188 Å². The summed E-state index contributed by atoms with van der Waals surface area (Å²) in [5, 5.41) is 30.0. The van der Waals surface area contributed by atoms with Gasteiger partial charge in [-0.2, -0.15) is 0 Å². The fourth-order valence-corrected chi connectivity index (χ4v) is 4.25. The molecular weight excluding hydrogens is 457 g/mol. The van der Waals surface area contributed by atoms with Gasteiger partial charge >= 0.3 is 7.82 Å². The third kappa shape index (κ3) is 5.31. The van der Waals surface area contributed by atoms with Crippen molar-refractivity contribution in [1.82, 2.24) is 19.5 Å². The fraction of sp³-hybridized carbons (Fsp3) is 0.421. The first-order valence-electron chi connectivity index (χ1n) is 10.1. The molecule has 0 spiro atoms. The van der Waals surface area contributed by atoms with Crippen LogP contribution >= 0.6 is 7.82 Å². The van der Waals surface area contributed by atoms with Crippen LogP contribution in [-0.4, -0.2) is 71.3 Å². The number of nitrogens with two attached hydrogens (primary N) is 1. The second-order valence-corrected chi connectivity index (χ2v) is 8.95. The van der Waals surface area contributed by atoms with Crippen molar-refractivity contribution in [2.45, 2.75) is 37.4 Å². The number of imidazole rings is 1. The number of hydrogen-bond donors (Lipinski definition) is 5. The minimum Gasteiger partial charge on any atom is -0.508 e. The molecule has 1 aromatic carbocycles. The van der Waals surface area contributed by atoms with Crippen molar-refractivity contribution < 1.29 is 38.6 Å². The Bertz CT molecular complexity index is 1140. The molecule has 13 nitrogen and oxygen atoms in total. The number of phenols is 1. The number of nitrogens with zero attached hydrogens (tertiary/aromatic N) is 4. The number of rotatable bonds is 9. The Balaban J connectivity index is 1.29. The molecule has 0 saturated carbocycles. The third-order valence-corrected chi connectivity index (χ3v) is 6.19. The molecule has 5 atom stereocenters. The molecule has 0 bridgehead atoms. The van der Waals surface area contributed by atoms with Gasteiger partial charge in [-0.05, 0) is 30.5 Å². The van der Waals surface area contributed by atoms with Gasteiger partial charge in [0.05, 0.1) is 19.5 Å². The lowest BCUT2D eigenvalue weighted by Gasteiger charge is -2.17. The highest BCUT2D eigenvalue weighted by Crippen LogP contribution is 2.44. The molecule has 3 aromatic rings. The highest BCUT2D eigenvalue weighted by Gasteiger charge is 2.45. The number of phosphoric acid groups is 1. The number of aromatic nitrogens is 4. The molecule has 0 aliphatic carbocycles. The molecule has 0 radical (unpaired) electrons. The van der Waals surface area contributed by atoms with E-state index in [0.29, 0.717) is 24.0 Å². The summed E-state index contributed by atoms with van der Waals surface area (Å²) in [6.45, 7) is -0.541. The highest BCUT2D eigenvalue weighted by atomic mass is 31.2. The summed E-state index contributed by atoms with van der Waals surface area (Å²) in [7, 11) is -4.41. The van der Waals surface area contributed by atoms with Gasteiger partial charge in [-0.25, -0.2) is 19.5 Å². The average molecular weight is 481 g/mol. The molecule has 1 aliphatic heterocycles. The van der Waals surface area contributed by atoms with E-state index in [2.05, 4.69) is 15.0 Å². The van der Waals surface area contributed by atoms with Crippen molar-refractivity contribution in [3.8, 4) is 5.75 Å². The van der Waals surface area contributed by atoms with E-state index in [-0.39, 0.29) is 18.2 Å². The number of phosphoric ester groups is 1. The van der Waals surface area contributed by atoms with Crippen LogP contribution in [0.25, 0.3) is 11.2 Å². The van der Waals surface area contributed by atoms with Crippen LogP contribution in [0.4, 0.5) is 5.82 Å². The number of aliphatic hydroxyl groups is 2. The molecule has 178 valence electrons. The maximum Gasteiger partial charge on any atom is 0.472 e. The summed E-state index contributed by atoms with van der Waals surface area (Å²) in [4.78, 5) is 21.9. The summed E-state index contributed by atoms with van der Waals surface area (Å²) in [5.41, 5.74) is 7.30. The number of aliphatic hydroxyl groups excluding tert-OH is 2. The van der Waals surface area contributed by atoms with Crippen molar-refractivity contribution >= 4 is 24.8 Å². The van der Waals surface area contributed by atoms with Crippen LogP contribution in [0.1, 0.15) is 18.2 Å². The van der Waals surface area contributed by atoms with Crippen LogP contribution in [0.3, 0.4) is 0 Å². The molecule has 14 heteroatoms. The van der Waals surface area contributed by atoms with E-state index in [1.807, 2.05) is 0 Å². The smallest absolute Gasteiger partial charge is 0.472 e. The van der Waals surface area contributed by atoms with Crippen molar-refractivity contribution in [2.24, 2.45) is 0 Å². The van der Waals surface area contributed by atoms with E-state index in [4.69, 9.17) is 19.5 Å². The molecule has 1 aliphatic rings. The van der Waals surface area contributed by atoms with Gasteiger partial charge in [-0.3, -0.25) is 13.6 Å². The van der Waals surface area contributed by atoms with Crippen molar-refractivity contribution in [3.05, 3.63) is 42.5 Å². The van der Waals surface area contributed by atoms with Gasteiger partial charge in [0, 0.05) is 0 Å². The third-order valence-electron chi connectivity index (χ3n) is 5.20. The number of benzene rings is 1. The standard InChI is InChI=1S/C19H24N5O8P/c20-17-14-18(22-9-21-17)24(10-23-14)19-16(27)15(26)13(32-19)8-31-33(28,29)30-7-1-2-11-3-5-12(25)6-4-11/h3-6,9-10,13,15-16,19,25-27H,1-2,7-8H2,(H,28,29)(H2,20,21,22)/t13-,15-,16-,19-/m1/s1. The maximum atomic E-state index is 12.2. The number of hydrogen-bond acceptors (Lipinski definition) is 11. The quantitative estimate of drug-likeness (QED) is 0.210. The summed E-state index contributed by atoms with van der Waals surface area (Å²) < 4.78 is 29.1. The van der Waals surface area contributed by atoms with Gasteiger partial charge in [0.15, 0.2) is 17.7 Å². The van der Waals surface area contributed by atoms with Crippen molar-refractivity contribution in [2.75, 3.05) is 18.9 Å². The monoisotopic (exact) mass is 481 g/mol. The number of nitrogen functional groups attached to an aromatic ring is 1. The first kappa shape index (κ1) is 23.5. The Morgan fingerprint density at radius 3 is 2.64 bits per heavy atom. The SMILES string of the molecule is Nc1ncnc2c1ncn2[C@@H]1O[C@H](COP(=O)(O)OCCCc2ccc(O)cc2)[C@@H](O)[C@H]1O. The summed E-state index contributed by atoms with van der Waals surface area (Å²) in [6.07, 6.45) is -1.37. The topological polar surface area (TPSA) is 195 Å². The van der Waals surface area contributed by atoms with E-state index in [9.17, 15) is 24.8 Å². The van der Waals surface area contributed by atoms with Crippen LogP contribution < -0.4 is 5.73 Å². The first-order valence-corrected chi connectivity index (χ1v) is 11.6. The van der Waals surface area contributed by atoms with E-state index < -0.39 is 39.0 Å². The van der Waals surface area contributed by atoms with Gasteiger partial charge in [-0.15, -0.1) is 0 Å². The zero-order valence-corrected chi connectivity index (χ0v) is 18.2. The Kier molecular flexibility index (Phi) is 6.91. The highest BCUT2D eigenvalue weighted by molar-refractivity contribution is 7.47. The number of anilines is 1. The Morgan fingerprint density at radius 1 is 1.12 bits per heavy atom. The van der Waals surface area contributed by atoms with Crippen LogP contribution in [0.2, 0.25) is 0 Å². The van der Waals surface area contributed by atoms with Gasteiger partial charge in [0.2, 0.25) is 0 Å². The van der Waals surface area contributed by atoms with Gasteiger partial charge < -0.3 is 30.7 Å². The molecule has 1 fully saturated rings. The number of ether oxygens (including phenoxy) is 1. The molecule has 1 unspecified atom stereocenters. The second kappa shape index (κ2) is 9.69. The lowest BCUT2D eigenvalue weighted by molar-refractivity contribution is -0.0514. The number of fused-ring (bicyclic) bond motifs is 1. The van der Waals surface area contributed by atoms with Crippen molar-refractivity contribution in [3.63, 3.8) is 0 Å². The molecular formula is C19H24N5O8P. The summed E-state index contributed by atoms with van der Waals surface area (Å²) in [5.74, 6) is 0.306. The fourth-order valence-electron chi connectivity index (χ4n) is 3.48. The van der Waals surface area contributed by atoms with Crippen LogP contribution in [-0.2, 0) is 24.8 Å². The van der Waals surface area contributed by atoms with E-state index in [1.165, 1.54) is 17.2 Å². The van der Waals surface area contributed by atoms with Gasteiger partial charge in [0.25, 0.3) is 0 Å². The minimum atomic E-state index is -4.41. The molecule has 1 saturated heterocycles. The second-order valence-electron chi connectivity index (χ2n) is 7.50. The number of aromatic hydroxyl groups is 1. The van der Waals surface area contributed by atoms with Gasteiger partial charge in [-0.1, -0.05) is 12.1 Å². The molecule has 6 N–H and O–H groups in total. The molecule has 2 aromatic heterocycles. The molecule has 3 heterocycles. The predicted octanol–water partition coefficient (Wildman–Crippen LogP) is 0.500. The lowest BCUT2D eigenvalue weighted by Crippen LogP contribution is -2.33. The summed E-state index contributed by atoms with van der Waals surface area (Å²) in [6, 6.07) is 6.60. The predicted molar refractivity (Wildman–Crippen MR) is 114 cm³/mol. The van der Waals surface area contributed by atoms with Crippen molar-refractivity contribution in [1.29, 1.82) is 0 Å². The van der Waals surface area contributed by atoms with Crippen LogP contribution in [0.15, 0.2) is 36.9 Å². The maximum absolute atomic E-state index is 12.2. The minimum absolute atomic E-state index is 0.0455. The van der Waals surface area contributed by atoms with Gasteiger partial charge in [0.1, 0.15) is 35.9 Å².